The topological polar surface area (TPSA) is 3.24 Å². The lowest BCUT2D eigenvalue weighted by molar-refractivity contribution is 0.790. The molecule has 0 aliphatic heterocycles. The summed E-state index contributed by atoms with van der Waals surface area (Å²) in [6.45, 7) is 0. The van der Waals surface area contributed by atoms with Crippen LogP contribution in [0.15, 0.2) is 218 Å². The van der Waals surface area contributed by atoms with Gasteiger partial charge in [0.2, 0.25) is 0 Å². The number of hydrogen-bond acceptors (Lipinski definition) is 2. The van der Waals surface area contributed by atoms with Gasteiger partial charge in [0.05, 0.1) is 5.41 Å². The zero-order valence-corrected chi connectivity index (χ0v) is 36.4. The summed E-state index contributed by atoms with van der Waals surface area (Å²) >= 11 is 1.88. The molecule has 0 amide bonds. The minimum atomic E-state index is -0.353. The van der Waals surface area contributed by atoms with Crippen LogP contribution >= 0.6 is 11.3 Å². The quantitative estimate of drug-likeness (QED) is 0.167. The molecule has 3 aliphatic carbocycles. The Hall–Kier alpha value is -7.78. The van der Waals surface area contributed by atoms with Crippen molar-refractivity contribution in [1.82, 2.24) is 0 Å². The summed E-state index contributed by atoms with van der Waals surface area (Å²) in [5.74, 6) is 0. The van der Waals surface area contributed by atoms with Crippen molar-refractivity contribution in [3.8, 4) is 44.5 Å². The van der Waals surface area contributed by atoms with Crippen molar-refractivity contribution in [1.29, 1.82) is 0 Å². The van der Waals surface area contributed by atoms with Crippen LogP contribution in [0.3, 0.4) is 0 Å². The van der Waals surface area contributed by atoms with Gasteiger partial charge in [-0.25, -0.2) is 0 Å². The van der Waals surface area contributed by atoms with Crippen LogP contribution in [-0.4, -0.2) is 0 Å². The molecule has 0 radical (unpaired) electrons. The highest BCUT2D eigenvalue weighted by Crippen LogP contribution is 2.63. The highest BCUT2D eigenvalue weighted by atomic mass is 32.1. The largest absolute Gasteiger partial charge is 0.310 e. The molecular weight excluding hydrogens is 803 g/mol. The predicted molar refractivity (Wildman–Crippen MR) is 276 cm³/mol. The fourth-order valence-electron chi connectivity index (χ4n) is 11.6. The predicted octanol–water partition coefficient (Wildman–Crippen LogP) is 17.3. The molecule has 0 N–H and O–H groups in total. The SMILES string of the molecule is C1=Cc2cc3c(cc2CC1)C1(c2ccccc2-c2cc(-c4ccc5sc6ccc(N(c7cccc(-c8ccccc8)c7)c7ccc8ccccc8c7)cc6c5c4)ccc21)c1ccccc1-3. The first-order chi connectivity index (χ1) is 32.2. The van der Waals surface area contributed by atoms with E-state index in [9.17, 15) is 0 Å². The zero-order valence-electron chi connectivity index (χ0n) is 35.6. The second kappa shape index (κ2) is 14.1. The molecule has 65 heavy (non-hydrogen) atoms. The van der Waals surface area contributed by atoms with Crippen LogP contribution < -0.4 is 4.90 Å². The van der Waals surface area contributed by atoms with Crippen LogP contribution in [-0.2, 0) is 11.8 Å². The lowest BCUT2D eigenvalue weighted by Gasteiger charge is -2.31. The monoisotopic (exact) mass is 843 g/mol. The van der Waals surface area contributed by atoms with Crippen molar-refractivity contribution < 1.29 is 0 Å². The Kier molecular flexibility index (Phi) is 7.96. The van der Waals surface area contributed by atoms with Gasteiger partial charge in [0.1, 0.15) is 0 Å². The molecule has 10 aromatic carbocycles. The molecule has 304 valence electrons. The van der Waals surface area contributed by atoms with Crippen molar-refractivity contribution in [3.05, 3.63) is 252 Å². The van der Waals surface area contributed by atoms with E-state index in [0.717, 1.165) is 29.9 Å². The number of hydrogen-bond donors (Lipinski definition) is 0. The fourth-order valence-corrected chi connectivity index (χ4v) is 12.6. The maximum Gasteiger partial charge on any atom is 0.0725 e. The molecule has 0 fully saturated rings. The van der Waals surface area contributed by atoms with Crippen LogP contribution in [0.2, 0.25) is 0 Å². The summed E-state index contributed by atoms with van der Waals surface area (Å²) in [7, 11) is 0. The smallest absolute Gasteiger partial charge is 0.0725 e. The maximum absolute atomic E-state index is 2.55. The van der Waals surface area contributed by atoms with E-state index >= 15 is 0 Å². The van der Waals surface area contributed by atoms with E-state index in [-0.39, 0.29) is 5.41 Å². The lowest BCUT2D eigenvalue weighted by atomic mass is 9.70. The Morgan fingerprint density at radius 3 is 1.85 bits per heavy atom. The normalized spacial score (nSPS) is 15.3. The van der Waals surface area contributed by atoms with E-state index in [0.29, 0.717) is 0 Å². The van der Waals surface area contributed by atoms with Crippen LogP contribution in [0.4, 0.5) is 17.1 Å². The summed E-state index contributed by atoms with van der Waals surface area (Å²) in [5, 5.41) is 5.02. The number of benzene rings is 10. The van der Waals surface area contributed by atoms with E-state index in [2.05, 4.69) is 229 Å². The van der Waals surface area contributed by atoms with Crippen LogP contribution in [0.5, 0.6) is 0 Å². The number of rotatable bonds is 5. The number of thiophene rings is 1. The molecular formula is C63H41NS. The van der Waals surface area contributed by atoms with E-state index in [1.54, 1.807) is 0 Å². The number of nitrogens with zero attached hydrogens (tertiary/aromatic N) is 1. The minimum absolute atomic E-state index is 0.353. The average molecular weight is 844 g/mol. The third-order valence-electron chi connectivity index (χ3n) is 14.5. The summed E-state index contributed by atoms with van der Waals surface area (Å²) in [4.78, 5) is 2.42. The van der Waals surface area contributed by atoms with Gasteiger partial charge in [-0.1, -0.05) is 158 Å². The molecule has 0 saturated heterocycles. The molecule has 0 saturated carbocycles. The summed E-state index contributed by atoms with van der Waals surface area (Å²) < 4.78 is 2.59. The van der Waals surface area contributed by atoms with Crippen molar-refractivity contribution >= 4 is 65.4 Å². The molecule has 1 aromatic heterocycles. The van der Waals surface area contributed by atoms with E-state index in [1.807, 2.05) is 11.3 Å². The molecule has 3 aliphatic rings. The number of allylic oxidation sites excluding steroid dienone is 1. The first-order valence-electron chi connectivity index (χ1n) is 22.8. The van der Waals surface area contributed by atoms with Gasteiger partial charge in [-0.05, 0) is 168 Å². The third-order valence-corrected chi connectivity index (χ3v) is 15.6. The van der Waals surface area contributed by atoms with Crippen molar-refractivity contribution in [2.45, 2.75) is 18.3 Å². The van der Waals surface area contributed by atoms with Gasteiger partial charge in [-0.3, -0.25) is 0 Å². The minimum Gasteiger partial charge on any atom is -0.310 e. The number of anilines is 3. The molecule has 1 unspecified atom stereocenters. The molecule has 1 nitrogen and oxygen atoms in total. The lowest BCUT2D eigenvalue weighted by Crippen LogP contribution is -2.26. The maximum atomic E-state index is 2.55. The van der Waals surface area contributed by atoms with Crippen molar-refractivity contribution in [2.75, 3.05) is 4.90 Å². The molecule has 11 aromatic rings. The van der Waals surface area contributed by atoms with Gasteiger partial charge in [0.25, 0.3) is 0 Å². The Morgan fingerprint density at radius 1 is 0.385 bits per heavy atom. The van der Waals surface area contributed by atoms with Crippen molar-refractivity contribution in [2.24, 2.45) is 0 Å². The van der Waals surface area contributed by atoms with Gasteiger partial charge in [-0.15, -0.1) is 11.3 Å². The second-order valence-electron chi connectivity index (χ2n) is 17.9. The molecule has 14 rings (SSSR count). The van der Waals surface area contributed by atoms with Gasteiger partial charge < -0.3 is 4.90 Å². The molecule has 0 bridgehead atoms. The van der Waals surface area contributed by atoms with Gasteiger partial charge in [-0.2, -0.15) is 0 Å². The number of aryl methyl sites for hydroxylation is 1. The van der Waals surface area contributed by atoms with E-state index < -0.39 is 0 Å². The average Bonchev–Trinajstić information content (AvgIpc) is 3.99. The van der Waals surface area contributed by atoms with Gasteiger partial charge in [0, 0.05) is 37.2 Å². The van der Waals surface area contributed by atoms with E-state index in [4.69, 9.17) is 0 Å². The summed E-state index contributed by atoms with van der Waals surface area (Å²) in [6, 6.07) is 79.9. The standard InChI is InChI=1S/C63H41NS/c1-2-13-40(14-3-1)43-19-12-20-48(33-43)64(49-28-25-41-15-4-5-16-42(41)34-49)50-29-32-62-56(39-50)55-37-47(27-31-61(55)65-62)46-26-30-59-53(36-46)51-21-8-10-23-57(51)63(59)58-24-11-9-22-52(58)54-35-44-17-6-7-18-45(44)38-60(54)63/h1-6,8-17,19-39H,7,18H2. The van der Waals surface area contributed by atoms with Crippen LogP contribution in [0.1, 0.15) is 39.8 Å². The Balaban J connectivity index is 0.919. The molecule has 1 atom stereocenters. The Labute approximate surface area is 382 Å². The molecule has 2 heteroatoms. The third kappa shape index (κ3) is 5.45. The van der Waals surface area contributed by atoms with Gasteiger partial charge in [0.15, 0.2) is 0 Å². The highest BCUT2D eigenvalue weighted by molar-refractivity contribution is 7.25. The van der Waals surface area contributed by atoms with E-state index in [1.165, 1.54) is 109 Å². The number of fused-ring (bicyclic) bond motifs is 15. The molecule has 1 spiro atoms. The second-order valence-corrected chi connectivity index (χ2v) is 19.0. The fraction of sp³-hybridized carbons (Fsp3) is 0.0476. The zero-order chi connectivity index (χ0) is 42.6. The first-order valence-corrected chi connectivity index (χ1v) is 23.6. The highest BCUT2D eigenvalue weighted by Gasteiger charge is 2.51. The summed E-state index contributed by atoms with van der Waals surface area (Å²) in [6.07, 6.45) is 6.84. The Morgan fingerprint density at radius 2 is 1.00 bits per heavy atom. The Bertz CT molecular complexity index is 3800. The van der Waals surface area contributed by atoms with Crippen LogP contribution in [0.25, 0.3) is 81.5 Å². The van der Waals surface area contributed by atoms with Crippen LogP contribution in [0, 0.1) is 0 Å². The molecule has 1 heterocycles. The van der Waals surface area contributed by atoms with Crippen molar-refractivity contribution in [3.63, 3.8) is 0 Å². The van der Waals surface area contributed by atoms with Gasteiger partial charge >= 0.3 is 0 Å². The first kappa shape index (κ1) is 36.7. The summed E-state index contributed by atoms with van der Waals surface area (Å²) in [5.41, 5.74) is 21.7.